The molecule has 0 saturated carbocycles. The molecule has 0 bridgehead atoms. The van der Waals surface area contributed by atoms with Gasteiger partial charge in [0.25, 0.3) is 11.8 Å². The van der Waals surface area contributed by atoms with Crippen LogP contribution in [0.25, 0.3) is 11.0 Å². The second-order valence-electron chi connectivity index (χ2n) is 11.2. The maximum atomic E-state index is 13.9. The molecular formula is C34H39N7O4. The number of aromatic nitrogens is 2. The number of nitrogens with zero attached hydrogens (tertiary/aromatic N) is 4. The minimum Gasteiger partial charge on any atom is -0.450 e. The number of carbonyl (C=O) groups is 3. The molecule has 0 unspecified atom stereocenters. The minimum absolute atomic E-state index is 0.0189. The topological polar surface area (TPSA) is 133 Å². The van der Waals surface area contributed by atoms with Crippen molar-refractivity contribution >= 4 is 40.5 Å². The molecular weight excluding hydrogens is 570 g/mol. The van der Waals surface area contributed by atoms with Crippen molar-refractivity contribution in [2.45, 2.75) is 38.8 Å². The van der Waals surface area contributed by atoms with Crippen LogP contribution >= 0.6 is 0 Å². The maximum absolute atomic E-state index is 13.9. The smallest absolute Gasteiger partial charge is 0.410 e. The summed E-state index contributed by atoms with van der Waals surface area (Å²) >= 11 is 0. The van der Waals surface area contributed by atoms with Gasteiger partial charge in [-0.3, -0.25) is 19.9 Å². The predicted octanol–water partition coefficient (Wildman–Crippen LogP) is 4.87. The zero-order chi connectivity index (χ0) is 32.1. The SMILES string of the molecule is CCOC(=O)N(C)[C@@](C)(C(=O)N1CCCC1)c1ccc2c(c1)nc(CNc1ccc(C(=N)NC(=O)c3ccccc3)cc1)n2C. The highest BCUT2D eigenvalue weighted by atomic mass is 16.6. The van der Waals surface area contributed by atoms with Crippen LogP contribution in [0.5, 0.6) is 0 Å². The predicted molar refractivity (Wildman–Crippen MR) is 173 cm³/mol. The molecule has 1 aliphatic heterocycles. The monoisotopic (exact) mass is 609 g/mol. The van der Waals surface area contributed by atoms with Gasteiger partial charge in [-0.25, -0.2) is 9.78 Å². The van der Waals surface area contributed by atoms with E-state index in [9.17, 15) is 14.4 Å². The van der Waals surface area contributed by atoms with Crippen molar-refractivity contribution in [2.75, 3.05) is 32.1 Å². The van der Waals surface area contributed by atoms with Gasteiger partial charge in [0.2, 0.25) is 0 Å². The Morgan fingerprint density at radius 3 is 2.36 bits per heavy atom. The molecule has 2 heterocycles. The fourth-order valence-corrected chi connectivity index (χ4v) is 5.59. The van der Waals surface area contributed by atoms with Gasteiger partial charge in [-0.1, -0.05) is 24.3 Å². The summed E-state index contributed by atoms with van der Waals surface area (Å²) in [6, 6.07) is 21.7. The molecule has 1 fully saturated rings. The third kappa shape index (κ3) is 6.38. The number of fused-ring (bicyclic) bond motifs is 1. The maximum Gasteiger partial charge on any atom is 0.410 e. The van der Waals surface area contributed by atoms with E-state index in [1.807, 2.05) is 52.9 Å². The van der Waals surface area contributed by atoms with Crippen LogP contribution < -0.4 is 10.6 Å². The molecule has 5 rings (SSSR count). The highest BCUT2D eigenvalue weighted by Crippen LogP contribution is 2.34. The van der Waals surface area contributed by atoms with E-state index in [-0.39, 0.29) is 24.3 Å². The van der Waals surface area contributed by atoms with Crippen LogP contribution in [0.1, 0.15) is 54.0 Å². The zero-order valence-electron chi connectivity index (χ0n) is 26.1. The van der Waals surface area contributed by atoms with E-state index in [1.165, 1.54) is 4.90 Å². The number of aryl methyl sites for hydroxylation is 1. The molecule has 11 nitrogen and oxygen atoms in total. The fourth-order valence-electron chi connectivity index (χ4n) is 5.59. The molecule has 1 aliphatic rings. The van der Waals surface area contributed by atoms with Crippen molar-refractivity contribution in [2.24, 2.45) is 7.05 Å². The van der Waals surface area contributed by atoms with Crippen LogP contribution in [0.2, 0.25) is 0 Å². The molecule has 3 aromatic carbocycles. The summed E-state index contributed by atoms with van der Waals surface area (Å²) in [6.45, 7) is 5.48. The van der Waals surface area contributed by atoms with Gasteiger partial charge in [-0.2, -0.15) is 0 Å². The van der Waals surface area contributed by atoms with Crippen LogP contribution in [0.3, 0.4) is 0 Å². The summed E-state index contributed by atoms with van der Waals surface area (Å²) in [6.07, 6.45) is 1.33. The van der Waals surface area contributed by atoms with Crippen molar-refractivity contribution in [3.8, 4) is 0 Å². The standard InChI is InChI=1S/C34H39N7O4/c1-5-45-33(44)40(4)34(2,32(43)41-19-9-10-20-41)25-15-18-28-27(21-25)37-29(39(28)3)22-36-26-16-13-23(14-17-26)30(35)38-31(42)24-11-7-6-8-12-24/h6-8,11-18,21,36H,5,9-10,19-20,22H2,1-4H3,(H2,35,38,42)/t34-/m1/s1. The van der Waals surface area contributed by atoms with Crippen LogP contribution in [0, 0.1) is 5.41 Å². The van der Waals surface area contributed by atoms with Crippen LogP contribution in [-0.4, -0.2) is 69.8 Å². The van der Waals surface area contributed by atoms with E-state index in [1.54, 1.807) is 57.3 Å². The van der Waals surface area contributed by atoms with Gasteiger partial charge in [-0.05, 0) is 80.8 Å². The Labute approximate surface area is 262 Å². The lowest BCUT2D eigenvalue weighted by Gasteiger charge is -2.39. The number of anilines is 1. The fraction of sp³-hybridized carbons (Fsp3) is 0.324. The average Bonchev–Trinajstić information content (AvgIpc) is 3.71. The van der Waals surface area contributed by atoms with E-state index in [2.05, 4.69) is 10.6 Å². The van der Waals surface area contributed by atoms with Crippen molar-refractivity contribution in [1.29, 1.82) is 5.41 Å². The largest absolute Gasteiger partial charge is 0.450 e. The second kappa shape index (κ2) is 13.2. The Hall–Kier alpha value is -5.19. The number of nitrogens with one attached hydrogen (secondary N) is 3. The molecule has 0 spiro atoms. The van der Waals surface area contributed by atoms with E-state index in [0.29, 0.717) is 41.8 Å². The third-order valence-electron chi connectivity index (χ3n) is 8.46. The number of hydrogen-bond donors (Lipinski definition) is 3. The van der Waals surface area contributed by atoms with Gasteiger partial charge in [0, 0.05) is 44.0 Å². The number of likely N-dealkylation sites (N-methyl/N-ethyl adjacent to an activating group) is 1. The lowest BCUT2D eigenvalue weighted by atomic mass is 9.88. The Balaban J connectivity index is 1.32. The normalized spacial score (nSPS) is 14.1. The van der Waals surface area contributed by atoms with Gasteiger partial charge >= 0.3 is 6.09 Å². The molecule has 1 aromatic heterocycles. The lowest BCUT2D eigenvalue weighted by molar-refractivity contribution is -0.141. The second-order valence-corrected chi connectivity index (χ2v) is 11.2. The first-order valence-corrected chi connectivity index (χ1v) is 15.1. The molecule has 0 radical (unpaired) electrons. The van der Waals surface area contributed by atoms with Gasteiger partial charge in [0.05, 0.1) is 24.2 Å². The molecule has 4 aromatic rings. The number of carbonyl (C=O) groups excluding carboxylic acids is 3. The van der Waals surface area contributed by atoms with Crippen LogP contribution in [-0.2, 0) is 28.7 Å². The van der Waals surface area contributed by atoms with E-state index < -0.39 is 11.6 Å². The minimum atomic E-state index is -1.27. The summed E-state index contributed by atoms with van der Waals surface area (Å²) in [5.41, 5.74) is 2.90. The molecule has 3 amide bonds. The van der Waals surface area contributed by atoms with E-state index in [0.717, 1.165) is 29.9 Å². The number of rotatable bonds is 9. The van der Waals surface area contributed by atoms with Crippen LogP contribution in [0.4, 0.5) is 10.5 Å². The summed E-state index contributed by atoms with van der Waals surface area (Å²) < 4.78 is 7.27. The summed E-state index contributed by atoms with van der Waals surface area (Å²) in [5, 5.41) is 14.3. The molecule has 1 saturated heterocycles. The lowest BCUT2D eigenvalue weighted by Crippen LogP contribution is -2.55. The van der Waals surface area contributed by atoms with Gasteiger partial charge in [0.15, 0.2) is 0 Å². The van der Waals surface area contributed by atoms with Crippen LogP contribution in [0.15, 0.2) is 72.8 Å². The number of amides is 3. The van der Waals surface area contributed by atoms with Crippen molar-refractivity contribution in [3.05, 3.63) is 95.3 Å². The van der Waals surface area contributed by atoms with Crippen molar-refractivity contribution < 1.29 is 19.1 Å². The first kappa shape index (κ1) is 31.2. The number of amidine groups is 1. The summed E-state index contributed by atoms with van der Waals surface area (Å²) in [5.74, 6) is 0.329. The molecule has 11 heteroatoms. The Bertz CT molecular complexity index is 1710. The Kier molecular flexibility index (Phi) is 9.17. The highest BCUT2D eigenvalue weighted by molar-refractivity contribution is 6.11. The van der Waals surface area contributed by atoms with Gasteiger partial charge in [-0.15, -0.1) is 0 Å². The number of likely N-dealkylation sites (tertiary alicyclic amines) is 1. The molecule has 45 heavy (non-hydrogen) atoms. The quantitative estimate of drug-likeness (QED) is 0.183. The Morgan fingerprint density at radius 1 is 1.00 bits per heavy atom. The average molecular weight is 610 g/mol. The van der Waals surface area contributed by atoms with E-state index in [4.69, 9.17) is 15.1 Å². The Morgan fingerprint density at radius 2 is 1.69 bits per heavy atom. The zero-order valence-corrected chi connectivity index (χ0v) is 26.1. The molecule has 3 N–H and O–H groups in total. The van der Waals surface area contributed by atoms with Gasteiger partial charge < -0.3 is 24.8 Å². The van der Waals surface area contributed by atoms with E-state index >= 15 is 0 Å². The number of imidazole rings is 1. The first-order chi connectivity index (χ1) is 21.6. The third-order valence-corrected chi connectivity index (χ3v) is 8.46. The van der Waals surface area contributed by atoms with Gasteiger partial charge in [0.1, 0.15) is 17.2 Å². The molecule has 0 aliphatic carbocycles. The first-order valence-electron chi connectivity index (χ1n) is 15.1. The summed E-state index contributed by atoms with van der Waals surface area (Å²) in [7, 11) is 3.54. The molecule has 234 valence electrons. The number of hydrogen-bond acceptors (Lipinski definition) is 7. The molecule has 1 atom stereocenters. The highest BCUT2D eigenvalue weighted by Gasteiger charge is 2.45. The van der Waals surface area contributed by atoms with Crippen molar-refractivity contribution in [3.63, 3.8) is 0 Å². The summed E-state index contributed by atoms with van der Waals surface area (Å²) in [4.78, 5) is 47.2. The van der Waals surface area contributed by atoms with Crippen molar-refractivity contribution in [1.82, 2.24) is 24.7 Å². The number of ether oxygens (including phenoxy) is 1. The number of benzene rings is 3.